The number of benzene rings is 1. The van der Waals surface area contributed by atoms with Gasteiger partial charge in [-0.1, -0.05) is 57.0 Å². The standard InChI is InChI=1S/C14H19NO.C2H6/c1-15-14(16)13(12-9-5-6-10-12)11-7-3-2-4-8-11;1-2/h2-4,7-8,12-13H,5-6,9-10H2,1H3,(H,15,16);1-2H3. The van der Waals surface area contributed by atoms with E-state index in [4.69, 9.17) is 0 Å². The molecule has 1 aliphatic carbocycles. The van der Waals surface area contributed by atoms with E-state index >= 15 is 0 Å². The Hall–Kier alpha value is -1.31. The Bertz CT molecular complexity index is 341. The molecule has 1 N–H and O–H groups in total. The molecule has 1 unspecified atom stereocenters. The van der Waals surface area contributed by atoms with E-state index in [-0.39, 0.29) is 11.8 Å². The summed E-state index contributed by atoms with van der Waals surface area (Å²) in [6.07, 6.45) is 4.91. The number of hydrogen-bond donors (Lipinski definition) is 1. The number of nitrogens with one attached hydrogen (secondary N) is 1. The van der Waals surface area contributed by atoms with Crippen LogP contribution in [-0.4, -0.2) is 13.0 Å². The van der Waals surface area contributed by atoms with E-state index < -0.39 is 0 Å². The van der Waals surface area contributed by atoms with Gasteiger partial charge in [-0.25, -0.2) is 0 Å². The fourth-order valence-electron chi connectivity index (χ4n) is 2.74. The van der Waals surface area contributed by atoms with Gasteiger partial charge in [0.2, 0.25) is 5.91 Å². The molecule has 0 aliphatic heterocycles. The van der Waals surface area contributed by atoms with Crippen LogP contribution < -0.4 is 5.32 Å². The first kappa shape index (κ1) is 14.7. The van der Waals surface area contributed by atoms with Crippen LogP contribution in [0.4, 0.5) is 0 Å². The molecular formula is C16H25NO. The van der Waals surface area contributed by atoms with Crippen LogP contribution in [0.15, 0.2) is 30.3 Å². The van der Waals surface area contributed by atoms with Crippen LogP contribution in [0, 0.1) is 5.92 Å². The van der Waals surface area contributed by atoms with Gasteiger partial charge in [0.25, 0.3) is 0 Å². The van der Waals surface area contributed by atoms with Crippen LogP contribution in [0.5, 0.6) is 0 Å². The van der Waals surface area contributed by atoms with E-state index in [0.717, 1.165) is 5.56 Å². The van der Waals surface area contributed by atoms with Crippen molar-refractivity contribution in [2.45, 2.75) is 45.4 Å². The molecule has 1 aromatic carbocycles. The SMILES string of the molecule is CC.CNC(=O)C(c1ccccc1)C1CCCC1. The fraction of sp³-hybridized carbons (Fsp3) is 0.562. The van der Waals surface area contributed by atoms with Crippen LogP contribution in [-0.2, 0) is 4.79 Å². The van der Waals surface area contributed by atoms with E-state index in [1.165, 1.54) is 25.7 Å². The monoisotopic (exact) mass is 247 g/mol. The Labute approximate surface area is 111 Å². The van der Waals surface area contributed by atoms with E-state index in [1.54, 1.807) is 7.05 Å². The normalized spacial score (nSPS) is 16.6. The van der Waals surface area contributed by atoms with Crippen molar-refractivity contribution < 1.29 is 4.79 Å². The summed E-state index contributed by atoms with van der Waals surface area (Å²) >= 11 is 0. The van der Waals surface area contributed by atoms with Crippen LogP contribution in [0.2, 0.25) is 0 Å². The summed E-state index contributed by atoms with van der Waals surface area (Å²) in [5.74, 6) is 0.745. The Morgan fingerprint density at radius 3 is 2.22 bits per heavy atom. The summed E-state index contributed by atoms with van der Waals surface area (Å²) in [4.78, 5) is 12.0. The third-order valence-electron chi connectivity index (χ3n) is 3.56. The second kappa shape index (κ2) is 7.91. The van der Waals surface area contributed by atoms with Crippen molar-refractivity contribution in [1.29, 1.82) is 0 Å². The van der Waals surface area contributed by atoms with Gasteiger partial charge < -0.3 is 5.32 Å². The number of likely N-dealkylation sites (N-methyl/N-ethyl adjacent to an activating group) is 1. The number of rotatable bonds is 3. The van der Waals surface area contributed by atoms with Crippen molar-refractivity contribution in [3.63, 3.8) is 0 Å². The number of hydrogen-bond acceptors (Lipinski definition) is 1. The zero-order valence-corrected chi connectivity index (χ0v) is 11.8. The van der Waals surface area contributed by atoms with Crippen molar-refractivity contribution in [3.8, 4) is 0 Å². The van der Waals surface area contributed by atoms with Gasteiger partial charge in [0, 0.05) is 7.05 Å². The Kier molecular flexibility index (Phi) is 6.48. The Balaban J connectivity index is 0.000000771. The number of carbonyl (C=O) groups is 1. The summed E-state index contributed by atoms with van der Waals surface area (Å²) in [6.45, 7) is 4.00. The van der Waals surface area contributed by atoms with Crippen LogP contribution in [0.1, 0.15) is 51.0 Å². The first-order chi connectivity index (χ1) is 8.83. The summed E-state index contributed by atoms with van der Waals surface area (Å²) in [6, 6.07) is 10.2. The molecule has 1 aliphatic rings. The molecule has 0 bridgehead atoms. The van der Waals surface area contributed by atoms with Gasteiger partial charge in [-0.3, -0.25) is 4.79 Å². The van der Waals surface area contributed by atoms with E-state index in [1.807, 2.05) is 32.0 Å². The van der Waals surface area contributed by atoms with Gasteiger partial charge in [-0.2, -0.15) is 0 Å². The van der Waals surface area contributed by atoms with Crippen LogP contribution in [0.25, 0.3) is 0 Å². The molecule has 2 rings (SSSR count). The van der Waals surface area contributed by atoms with Gasteiger partial charge >= 0.3 is 0 Å². The molecule has 1 atom stereocenters. The smallest absolute Gasteiger partial charge is 0.227 e. The summed E-state index contributed by atoms with van der Waals surface area (Å²) in [5, 5.41) is 2.80. The molecule has 0 saturated heterocycles. The fourth-order valence-corrected chi connectivity index (χ4v) is 2.74. The van der Waals surface area contributed by atoms with E-state index in [9.17, 15) is 4.79 Å². The van der Waals surface area contributed by atoms with Crippen LogP contribution >= 0.6 is 0 Å². The lowest BCUT2D eigenvalue weighted by atomic mass is 9.84. The molecule has 1 amide bonds. The first-order valence-electron chi connectivity index (χ1n) is 7.09. The lowest BCUT2D eigenvalue weighted by Gasteiger charge is -2.22. The second-order valence-electron chi connectivity index (χ2n) is 4.55. The van der Waals surface area contributed by atoms with Crippen molar-refractivity contribution >= 4 is 5.91 Å². The minimum absolute atomic E-state index is 0.0497. The molecule has 1 saturated carbocycles. The molecule has 18 heavy (non-hydrogen) atoms. The zero-order valence-electron chi connectivity index (χ0n) is 11.8. The highest BCUT2D eigenvalue weighted by Crippen LogP contribution is 2.37. The molecule has 100 valence electrons. The molecule has 2 nitrogen and oxygen atoms in total. The van der Waals surface area contributed by atoms with Crippen molar-refractivity contribution in [2.75, 3.05) is 7.05 Å². The molecule has 1 aromatic rings. The average molecular weight is 247 g/mol. The first-order valence-corrected chi connectivity index (χ1v) is 7.09. The molecule has 0 aromatic heterocycles. The largest absolute Gasteiger partial charge is 0.359 e. The average Bonchev–Trinajstić information content (AvgIpc) is 2.96. The maximum atomic E-state index is 12.0. The van der Waals surface area contributed by atoms with E-state index in [0.29, 0.717) is 5.92 Å². The zero-order chi connectivity index (χ0) is 13.4. The topological polar surface area (TPSA) is 29.1 Å². The predicted octanol–water partition coefficient (Wildman–Crippen LogP) is 3.73. The Morgan fingerprint density at radius 1 is 1.17 bits per heavy atom. The molecule has 2 heteroatoms. The van der Waals surface area contributed by atoms with Gasteiger partial charge in [-0.15, -0.1) is 0 Å². The Morgan fingerprint density at radius 2 is 1.72 bits per heavy atom. The maximum absolute atomic E-state index is 12.0. The van der Waals surface area contributed by atoms with Crippen molar-refractivity contribution in [3.05, 3.63) is 35.9 Å². The lowest BCUT2D eigenvalue weighted by Crippen LogP contribution is -2.30. The number of carbonyl (C=O) groups excluding carboxylic acids is 1. The highest BCUT2D eigenvalue weighted by atomic mass is 16.1. The highest BCUT2D eigenvalue weighted by molar-refractivity contribution is 5.83. The second-order valence-corrected chi connectivity index (χ2v) is 4.55. The van der Waals surface area contributed by atoms with Crippen molar-refractivity contribution in [2.24, 2.45) is 5.92 Å². The van der Waals surface area contributed by atoms with Gasteiger partial charge in [-0.05, 0) is 24.3 Å². The molecule has 0 heterocycles. The van der Waals surface area contributed by atoms with Crippen molar-refractivity contribution in [1.82, 2.24) is 5.32 Å². The molecule has 0 spiro atoms. The van der Waals surface area contributed by atoms with Gasteiger partial charge in [0.05, 0.1) is 5.92 Å². The highest BCUT2D eigenvalue weighted by Gasteiger charge is 2.31. The third kappa shape index (κ3) is 3.59. The minimum atomic E-state index is 0.0497. The van der Waals surface area contributed by atoms with Gasteiger partial charge in [0.15, 0.2) is 0 Å². The summed E-state index contributed by atoms with van der Waals surface area (Å²) in [7, 11) is 1.73. The maximum Gasteiger partial charge on any atom is 0.227 e. The number of amides is 1. The summed E-state index contributed by atoms with van der Waals surface area (Å²) in [5.41, 5.74) is 1.16. The molecule has 1 fully saturated rings. The lowest BCUT2D eigenvalue weighted by molar-refractivity contribution is -0.123. The van der Waals surface area contributed by atoms with E-state index in [2.05, 4.69) is 17.4 Å². The van der Waals surface area contributed by atoms with Crippen LogP contribution in [0.3, 0.4) is 0 Å². The molecular weight excluding hydrogens is 222 g/mol. The quantitative estimate of drug-likeness (QED) is 0.866. The minimum Gasteiger partial charge on any atom is -0.359 e. The predicted molar refractivity (Wildman–Crippen MR) is 76.6 cm³/mol. The van der Waals surface area contributed by atoms with Gasteiger partial charge in [0.1, 0.15) is 0 Å². The summed E-state index contributed by atoms with van der Waals surface area (Å²) < 4.78 is 0. The third-order valence-corrected chi connectivity index (χ3v) is 3.56. The molecule has 0 radical (unpaired) electrons.